The summed E-state index contributed by atoms with van der Waals surface area (Å²) in [5, 5.41) is 7.14. The monoisotopic (exact) mass is 301 g/mol. The van der Waals surface area contributed by atoms with E-state index in [0.29, 0.717) is 28.1 Å². The van der Waals surface area contributed by atoms with E-state index < -0.39 is 0 Å². The fourth-order valence-corrected chi connectivity index (χ4v) is 2.10. The standard InChI is InChI=1S/C15H12ClN3O2/c1-20-13-5-6-14(21-12-8-17-18-9-12)19-15(13)10-3-2-4-11(16)7-10/h2-9H,1H3,(H,17,18). The highest BCUT2D eigenvalue weighted by Crippen LogP contribution is 2.32. The first-order chi connectivity index (χ1) is 10.3. The molecule has 2 aromatic heterocycles. The number of ether oxygens (including phenoxy) is 2. The van der Waals surface area contributed by atoms with Gasteiger partial charge in [-0.15, -0.1) is 0 Å². The van der Waals surface area contributed by atoms with E-state index in [1.807, 2.05) is 24.3 Å². The van der Waals surface area contributed by atoms with Crippen LogP contribution in [0.5, 0.6) is 17.4 Å². The molecule has 0 aliphatic heterocycles. The zero-order chi connectivity index (χ0) is 14.7. The van der Waals surface area contributed by atoms with E-state index in [-0.39, 0.29) is 0 Å². The number of nitrogens with zero attached hydrogens (tertiary/aromatic N) is 2. The lowest BCUT2D eigenvalue weighted by molar-refractivity contribution is 0.410. The molecule has 0 bridgehead atoms. The molecule has 0 unspecified atom stereocenters. The summed E-state index contributed by atoms with van der Waals surface area (Å²) in [5.41, 5.74) is 1.53. The van der Waals surface area contributed by atoms with Crippen LogP contribution >= 0.6 is 11.6 Å². The first-order valence-corrected chi connectivity index (χ1v) is 6.61. The zero-order valence-electron chi connectivity index (χ0n) is 11.2. The number of H-pyrrole nitrogens is 1. The van der Waals surface area contributed by atoms with Crippen LogP contribution in [0, 0.1) is 0 Å². The van der Waals surface area contributed by atoms with Crippen LogP contribution in [0.1, 0.15) is 0 Å². The highest BCUT2D eigenvalue weighted by molar-refractivity contribution is 6.30. The lowest BCUT2D eigenvalue weighted by Crippen LogP contribution is -1.94. The average Bonchev–Trinajstić information content (AvgIpc) is 3.00. The third kappa shape index (κ3) is 2.98. The second-order valence-corrected chi connectivity index (χ2v) is 4.68. The van der Waals surface area contributed by atoms with Gasteiger partial charge >= 0.3 is 0 Å². The van der Waals surface area contributed by atoms with Crippen molar-refractivity contribution < 1.29 is 9.47 Å². The Hall–Kier alpha value is -2.53. The summed E-state index contributed by atoms with van der Waals surface area (Å²) in [6, 6.07) is 11.0. The number of hydrogen-bond acceptors (Lipinski definition) is 4. The number of hydrogen-bond donors (Lipinski definition) is 1. The summed E-state index contributed by atoms with van der Waals surface area (Å²) in [6.07, 6.45) is 3.22. The zero-order valence-corrected chi connectivity index (χ0v) is 12.0. The number of rotatable bonds is 4. The van der Waals surface area contributed by atoms with Gasteiger partial charge in [-0.25, -0.2) is 4.98 Å². The SMILES string of the molecule is COc1ccc(Oc2cn[nH]c2)nc1-c1cccc(Cl)c1. The van der Waals surface area contributed by atoms with E-state index in [4.69, 9.17) is 21.1 Å². The van der Waals surface area contributed by atoms with Gasteiger partial charge in [-0.3, -0.25) is 5.10 Å². The van der Waals surface area contributed by atoms with Gasteiger partial charge in [-0.2, -0.15) is 5.10 Å². The number of aromatic nitrogens is 3. The van der Waals surface area contributed by atoms with Crippen LogP contribution in [0.15, 0.2) is 48.8 Å². The molecule has 0 spiro atoms. The minimum atomic E-state index is 0.451. The number of benzene rings is 1. The van der Waals surface area contributed by atoms with Gasteiger partial charge in [0.15, 0.2) is 5.75 Å². The van der Waals surface area contributed by atoms with Crippen molar-refractivity contribution in [3.63, 3.8) is 0 Å². The molecule has 6 heteroatoms. The Morgan fingerprint density at radius 1 is 1.19 bits per heavy atom. The van der Waals surface area contributed by atoms with Gasteiger partial charge in [0.05, 0.1) is 19.5 Å². The van der Waals surface area contributed by atoms with Gasteiger partial charge in [0.1, 0.15) is 11.4 Å². The van der Waals surface area contributed by atoms with Crippen molar-refractivity contribution in [2.45, 2.75) is 0 Å². The minimum Gasteiger partial charge on any atom is -0.494 e. The Morgan fingerprint density at radius 2 is 2.10 bits per heavy atom. The summed E-state index contributed by atoms with van der Waals surface area (Å²) < 4.78 is 11.0. The van der Waals surface area contributed by atoms with E-state index in [0.717, 1.165) is 5.56 Å². The second kappa shape index (κ2) is 5.85. The van der Waals surface area contributed by atoms with Crippen LogP contribution in [0.3, 0.4) is 0 Å². The molecule has 0 amide bonds. The molecule has 0 saturated carbocycles. The second-order valence-electron chi connectivity index (χ2n) is 4.25. The van der Waals surface area contributed by atoms with Crippen molar-refractivity contribution >= 4 is 11.6 Å². The van der Waals surface area contributed by atoms with Crippen molar-refractivity contribution in [3.05, 3.63) is 53.8 Å². The molecule has 0 fully saturated rings. The summed E-state index contributed by atoms with van der Waals surface area (Å²) in [5.74, 6) is 1.69. The van der Waals surface area contributed by atoms with E-state index >= 15 is 0 Å². The molecule has 1 aromatic carbocycles. The molecule has 0 aliphatic rings. The molecular formula is C15H12ClN3O2. The maximum absolute atomic E-state index is 6.03. The van der Waals surface area contributed by atoms with E-state index in [9.17, 15) is 0 Å². The highest BCUT2D eigenvalue weighted by Gasteiger charge is 2.11. The topological polar surface area (TPSA) is 60.0 Å². The number of nitrogens with one attached hydrogen (secondary N) is 1. The van der Waals surface area contributed by atoms with Crippen molar-refractivity contribution in [2.24, 2.45) is 0 Å². The van der Waals surface area contributed by atoms with Crippen LogP contribution in [0.4, 0.5) is 0 Å². The largest absolute Gasteiger partial charge is 0.494 e. The predicted molar refractivity (Wildman–Crippen MR) is 79.9 cm³/mol. The third-order valence-corrected chi connectivity index (χ3v) is 3.08. The van der Waals surface area contributed by atoms with Crippen molar-refractivity contribution in [1.29, 1.82) is 0 Å². The normalized spacial score (nSPS) is 10.4. The number of pyridine rings is 1. The Kier molecular flexibility index (Phi) is 3.75. The number of halogens is 1. The van der Waals surface area contributed by atoms with Crippen molar-refractivity contribution in [3.8, 4) is 28.6 Å². The van der Waals surface area contributed by atoms with E-state index in [1.165, 1.54) is 0 Å². The quantitative estimate of drug-likeness (QED) is 0.793. The van der Waals surface area contributed by atoms with Crippen LogP contribution in [-0.4, -0.2) is 22.3 Å². The summed E-state index contributed by atoms with van der Waals surface area (Å²) in [7, 11) is 1.60. The van der Waals surface area contributed by atoms with E-state index in [1.54, 1.807) is 31.6 Å². The van der Waals surface area contributed by atoms with Crippen LogP contribution in [0.25, 0.3) is 11.3 Å². The number of aromatic amines is 1. The molecule has 1 N–H and O–H groups in total. The predicted octanol–water partition coefficient (Wildman–Crippen LogP) is 3.93. The Balaban J connectivity index is 2.01. The van der Waals surface area contributed by atoms with Gasteiger partial charge in [-0.1, -0.05) is 23.7 Å². The maximum atomic E-state index is 6.03. The molecule has 21 heavy (non-hydrogen) atoms. The van der Waals surface area contributed by atoms with Gasteiger partial charge in [0.2, 0.25) is 5.88 Å². The molecule has 3 aromatic rings. The molecule has 0 atom stereocenters. The maximum Gasteiger partial charge on any atom is 0.220 e. The van der Waals surface area contributed by atoms with Crippen molar-refractivity contribution in [1.82, 2.24) is 15.2 Å². The fraction of sp³-hybridized carbons (Fsp3) is 0.0667. The molecule has 0 saturated heterocycles. The molecule has 0 radical (unpaired) electrons. The lowest BCUT2D eigenvalue weighted by Gasteiger charge is -2.10. The van der Waals surface area contributed by atoms with Gasteiger partial charge in [0.25, 0.3) is 0 Å². The Bertz CT molecular complexity index is 744. The Morgan fingerprint density at radius 3 is 2.81 bits per heavy atom. The fourth-order valence-electron chi connectivity index (χ4n) is 1.91. The van der Waals surface area contributed by atoms with Crippen LogP contribution in [0.2, 0.25) is 5.02 Å². The molecule has 106 valence electrons. The van der Waals surface area contributed by atoms with Gasteiger partial charge in [-0.05, 0) is 18.2 Å². The lowest BCUT2D eigenvalue weighted by atomic mass is 10.1. The van der Waals surface area contributed by atoms with Crippen molar-refractivity contribution in [2.75, 3.05) is 7.11 Å². The first-order valence-electron chi connectivity index (χ1n) is 6.24. The van der Waals surface area contributed by atoms with Crippen LogP contribution < -0.4 is 9.47 Å². The van der Waals surface area contributed by atoms with Gasteiger partial charge in [0, 0.05) is 16.7 Å². The third-order valence-electron chi connectivity index (χ3n) is 2.85. The summed E-state index contributed by atoms with van der Waals surface area (Å²) in [6.45, 7) is 0. The highest BCUT2D eigenvalue weighted by atomic mass is 35.5. The minimum absolute atomic E-state index is 0.451. The molecule has 3 rings (SSSR count). The average molecular weight is 302 g/mol. The molecule has 2 heterocycles. The van der Waals surface area contributed by atoms with E-state index in [2.05, 4.69) is 15.2 Å². The molecular weight excluding hydrogens is 290 g/mol. The summed E-state index contributed by atoms with van der Waals surface area (Å²) >= 11 is 6.03. The summed E-state index contributed by atoms with van der Waals surface area (Å²) in [4.78, 5) is 4.48. The molecule has 5 nitrogen and oxygen atoms in total. The number of methoxy groups -OCH3 is 1. The smallest absolute Gasteiger partial charge is 0.220 e. The first kappa shape index (κ1) is 13.5. The Labute approximate surface area is 126 Å². The van der Waals surface area contributed by atoms with Crippen LogP contribution in [-0.2, 0) is 0 Å². The molecule has 0 aliphatic carbocycles. The van der Waals surface area contributed by atoms with Gasteiger partial charge < -0.3 is 9.47 Å².